The van der Waals surface area contributed by atoms with E-state index >= 15 is 0 Å². The third-order valence-corrected chi connectivity index (χ3v) is 5.08. The number of hydrogen-bond acceptors (Lipinski definition) is 2. The largest absolute Gasteiger partial charge is 0.357 e. The molecule has 0 bridgehead atoms. The van der Waals surface area contributed by atoms with Crippen LogP contribution in [0.1, 0.15) is 31.7 Å². The Morgan fingerprint density at radius 1 is 1.32 bits per heavy atom. The monoisotopic (exact) mass is 323 g/mol. The normalized spacial score (nSPS) is 21.9. The third kappa shape index (κ3) is 5.52. The molecule has 2 atom stereocenters. The lowest BCUT2D eigenvalue weighted by molar-refractivity contribution is 0.615. The van der Waals surface area contributed by atoms with Crippen molar-refractivity contribution in [1.82, 2.24) is 10.6 Å². The zero-order valence-corrected chi connectivity index (χ0v) is 14.3. The Bertz CT molecular complexity index is 475. The van der Waals surface area contributed by atoms with Gasteiger partial charge in [-0.1, -0.05) is 12.1 Å². The van der Waals surface area contributed by atoms with Crippen LogP contribution < -0.4 is 10.6 Å². The number of benzene rings is 1. The Balaban J connectivity index is 1.83. The highest BCUT2D eigenvalue weighted by atomic mass is 32.2. The van der Waals surface area contributed by atoms with E-state index in [2.05, 4.69) is 28.8 Å². The predicted molar refractivity (Wildman–Crippen MR) is 94.2 cm³/mol. The maximum atomic E-state index is 12.9. The average Bonchev–Trinajstić information content (AvgIpc) is 2.97. The quantitative estimate of drug-likeness (QED) is 0.623. The van der Waals surface area contributed by atoms with Crippen molar-refractivity contribution in [2.24, 2.45) is 4.99 Å². The van der Waals surface area contributed by atoms with Crippen LogP contribution in [0.2, 0.25) is 0 Å². The van der Waals surface area contributed by atoms with Gasteiger partial charge in [-0.15, -0.1) is 0 Å². The molecule has 5 heteroatoms. The lowest BCUT2D eigenvalue weighted by Crippen LogP contribution is -2.42. The summed E-state index contributed by atoms with van der Waals surface area (Å²) in [7, 11) is 0. The zero-order chi connectivity index (χ0) is 15.8. The van der Waals surface area contributed by atoms with Crippen LogP contribution in [0.5, 0.6) is 0 Å². The summed E-state index contributed by atoms with van der Waals surface area (Å²) in [4.78, 5) is 4.64. The molecule has 1 aromatic carbocycles. The Morgan fingerprint density at radius 2 is 2.09 bits per heavy atom. The minimum Gasteiger partial charge on any atom is -0.357 e. The third-order valence-electron chi connectivity index (χ3n) is 3.99. The first-order valence-electron chi connectivity index (χ1n) is 8.03. The number of halogens is 1. The summed E-state index contributed by atoms with van der Waals surface area (Å²) in [6, 6.07) is 7.19. The van der Waals surface area contributed by atoms with Crippen LogP contribution >= 0.6 is 11.8 Å². The number of nitrogens with zero attached hydrogens (tertiary/aromatic N) is 1. The summed E-state index contributed by atoms with van der Waals surface area (Å²) in [5.41, 5.74) is 1.12. The molecule has 0 saturated heterocycles. The van der Waals surface area contributed by atoms with Gasteiger partial charge in [-0.25, -0.2) is 4.39 Å². The Morgan fingerprint density at radius 3 is 2.73 bits per heavy atom. The van der Waals surface area contributed by atoms with E-state index in [-0.39, 0.29) is 5.82 Å². The maximum absolute atomic E-state index is 12.9. The highest BCUT2D eigenvalue weighted by molar-refractivity contribution is 7.99. The van der Waals surface area contributed by atoms with Crippen molar-refractivity contribution in [2.75, 3.05) is 19.3 Å². The van der Waals surface area contributed by atoms with E-state index in [1.165, 1.54) is 31.4 Å². The Kier molecular flexibility index (Phi) is 7.03. The number of guanidine groups is 1. The molecular formula is C17H26FN3S. The second-order valence-corrected chi connectivity index (χ2v) is 6.79. The van der Waals surface area contributed by atoms with Crippen molar-refractivity contribution in [2.45, 2.75) is 43.9 Å². The maximum Gasteiger partial charge on any atom is 0.191 e. The molecule has 1 aromatic rings. The summed E-state index contributed by atoms with van der Waals surface area (Å²) >= 11 is 1.96. The lowest BCUT2D eigenvalue weighted by Gasteiger charge is -2.17. The molecule has 0 radical (unpaired) electrons. The molecular weight excluding hydrogens is 297 g/mol. The number of rotatable bonds is 6. The second kappa shape index (κ2) is 9.03. The standard InChI is InChI=1S/C17H26FN3S/c1-3-19-17(21-15-8-9-16(12-15)22-2)20-11-10-13-4-6-14(18)7-5-13/h4-7,15-16H,3,8-12H2,1-2H3,(H2,19,20,21). The molecule has 1 saturated carbocycles. The SMILES string of the molecule is CCNC(=NCCc1ccc(F)cc1)NC1CCC(SC)C1. The molecule has 1 aliphatic carbocycles. The zero-order valence-electron chi connectivity index (χ0n) is 13.4. The first-order chi connectivity index (χ1) is 10.7. The minimum atomic E-state index is -0.188. The van der Waals surface area contributed by atoms with Crippen LogP contribution in [0.15, 0.2) is 29.3 Å². The van der Waals surface area contributed by atoms with Gasteiger partial charge < -0.3 is 10.6 Å². The van der Waals surface area contributed by atoms with Crippen molar-refractivity contribution in [3.63, 3.8) is 0 Å². The van der Waals surface area contributed by atoms with Crippen molar-refractivity contribution in [3.8, 4) is 0 Å². The van der Waals surface area contributed by atoms with E-state index in [1.807, 2.05) is 23.9 Å². The molecule has 0 aliphatic heterocycles. The van der Waals surface area contributed by atoms with Gasteiger partial charge in [-0.3, -0.25) is 4.99 Å². The van der Waals surface area contributed by atoms with Gasteiger partial charge in [0.25, 0.3) is 0 Å². The van der Waals surface area contributed by atoms with Gasteiger partial charge in [0, 0.05) is 24.4 Å². The molecule has 1 fully saturated rings. The number of aliphatic imine (C=N–C) groups is 1. The first kappa shape index (κ1) is 17.1. The van der Waals surface area contributed by atoms with Gasteiger partial charge in [0.1, 0.15) is 5.82 Å². The van der Waals surface area contributed by atoms with Gasteiger partial charge in [0.15, 0.2) is 5.96 Å². The van der Waals surface area contributed by atoms with E-state index in [0.717, 1.165) is 29.7 Å². The minimum absolute atomic E-state index is 0.188. The summed E-state index contributed by atoms with van der Waals surface area (Å²) in [6.45, 7) is 3.65. The molecule has 0 spiro atoms. The van der Waals surface area contributed by atoms with Crippen LogP contribution in [0, 0.1) is 5.82 Å². The molecule has 2 unspecified atom stereocenters. The molecule has 1 aliphatic rings. The summed E-state index contributed by atoms with van der Waals surface area (Å²) in [5, 5.41) is 7.63. The molecule has 0 heterocycles. The van der Waals surface area contributed by atoms with Crippen molar-refractivity contribution >= 4 is 17.7 Å². The van der Waals surface area contributed by atoms with Crippen molar-refractivity contribution < 1.29 is 4.39 Å². The molecule has 22 heavy (non-hydrogen) atoms. The average molecular weight is 323 g/mol. The van der Waals surface area contributed by atoms with Gasteiger partial charge in [0.2, 0.25) is 0 Å². The van der Waals surface area contributed by atoms with E-state index in [9.17, 15) is 4.39 Å². The fourth-order valence-corrected chi connectivity index (χ4v) is 3.54. The summed E-state index contributed by atoms with van der Waals surface area (Å²) < 4.78 is 12.9. The molecule has 0 aromatic heterocycles. The predicted octanol–water partition coefficient (Wildman–Crippen LogP) is 3.21. The molecule has 0 amide bonds. The van der Waals surface area contributed by atoms with E-state index in [4.69, 9.17) is 0 Å². The second-order valence-electron chi connectivity index (χ2n) is 5.65. The van der Waals surface area contributed by atoms with Crippen LogP contribution in [0.25, 0.3) is 0 Å². The van der Waals surface area contributed by atoms with Gasteiger partial charge >= 0.3 is 0 Å². The van der Waals surface area contributed by atoms with E-state index in [0.29, 0.717) is 12.6 Å². The number of nitrogens with one attached hydrogen (secondary N) is 2. The molecule has 2 rings (SSSR count). The number of thioether (sulfide) groups is 1. The lowest BCUT2D eigenvalue weighted by atomic mass is 10.1. The molecule has 122 valence electrons. The summed E-state index contributed by atoms with van der Waals surface area (Å²) in [5.74, 6) is 0.711. The Labute approximate surface area is 137 Å². The van der Waals surface area contributed by atoms with Crippen LogP contribution in [-0.2, 0) is 6.42 Å². The Hall–Kier alpha value is -1.23. The van der Waals surface area contributed by atoms with Crippen LogP contribution in [0.3, 0.4) is 0 Å². The smallest absolute Gasteiger partial charge is 0.191 e. The van der Waals surface area contributed by atoms with Gasteiger partial charge in [-0.05, 0) is 56.6 Å². The van der Waals surface area contributed by atoms with E-state index in [1.54, 1.807) is 0 Å². The van der Waals surface area contributed by atoms with Crippen LogP contribution in [0.4, 0.5) is 4.39 Å². The highest BCUT2D eigenvalue weighted by Gasteiger charge is 2.24. The summed E-state index contributed by atoms with van der Waals surface area (Å²) in [6.07, 6.45) is 6.73. The molecule has 2 N–H and O–H groups in total. The van der Waals surface area contributed by atoms with Gasteiger partial charge in [-0.2, -0.15) is 11.8 Å². The van der Waals surface area contributed by atoms with E-state index < -0.39 is 0 Å². The van der Waals surface area contributed by atoms with Crippen LogP contribution in [-0.4, -0.2) is 36.6 Å². The topological polar surface area (TPSA) is 36.4 Å². The molecule has 3 nitrogen and oxygen atoms in total. The fourth-order valence-electron chi connectivity index (χ4n) is 2.75. The van der Waals surface area contributed by atoms with Crippen molar-refractivity contribution in [1.29, 1.82) is 0 Å². The fraction of sp³-hybridized carbons (Fsp3) is 0.588. The van der Waals surface area contributed by atoms with Crippen molar-refractivity contribution in [3.05, 3.63) is 35.6 Å². The highest BCUT2D eigenvalue weighted by Crippen LogP contribution is 2.27. The van der Waals surface area contributed by atoms with Gasteiger partial charge in [0.05, 0.1) is 0 Å². The first-order valence-corrected chi connectivity index (χ1v) is 9.32. The number of hydrogen-bond donors (Lipinski definition) is 2.